The number of thiocarbonyl (C=S) groups is 1. The highest BCUT2D eigenvalue weighted by Crippen LogP contribution is 2.26. The van der Waals surface area contributed by atoms with Crippen molar-refractivity contribution in [2.75, 3.05) is 50.6 Å². The van der Waals surface area contributed by atoms with Gasteiger partial charge in [-0.25, -0.2) is 0 Å². The monoisotopic (exact) mass is 483 g/mol. The minimum atomic E-state index is 0.0452. The van der Waals surface area contributed by atoms with Gasteiger partial charge in [-0.3, -0.25) is 0 Å². The molecule has 0 aliphatic carbocycles. The Labute approximate surface area is 206 Å². The second kappa shape index (κ2) is 11.5. The first-order valence-electron chi connectivity index (χ1n) is 11.0. The van der Waals surface area contributed by atoms with Crippen LogP contribution in [0.4, 0.5) is 11.4 Å². The molecule has 0 spiro atoms. The lowest BCUT2D eigenvalue weighted by Gasteiger charge is -2.25. The van der Waals surface area contributed by atoms with Crippen molar-refractivity contribution in [1.29, 1.82) is 0 Å². The molecular formula is C26H33N3O2S2. The van der Waals surface area contributed by atoms with Crippen molar-refractivity contribution in [2.45, 2.75) is 19.3 Å². The number of hydrogen-bond donors (Lipinski definition) is 1. The molecule has 7 heteroatoms. The zero-order chi connectivity index (χ0) is 23.8. The summed E-state index contributed by atoms with van der Waals surface area (Å²) in [5.41, 5.74) is 3.41. The smallest absolute Gasteiger partial charge is 0.269 e. The van der Waals surface area contributed by atoms with Crippen LogP contribution in [-0.2, 0) is 5.41 Å². The third kappa shape index (κ3) is 6.93. The van der Waals surface area contributed by atoms with Gasteiger partial charge < -0.3 is 24.6 Å². The molecule has 176 valence electrons. The van der Waals surface area contributed by atoms with Crippen molar-refractivity contribution in [2.24, 2.45) is 0 Å². The Bertz CT molecular complexity index is 1020. The fourth-order valence-electron chi connectivity index (χ4n) is 3.48. The minimum absolute atomic E-state index is 0.0452. The molecule has 0 aliphatic heterocycles. The Kier molecular flexibility index (Phi) is 8.72. The van der Waals surface area contributed by atoms with Crippen molar-refractivity contribution in [3.8, 4) is 11.5 Å². The van der Waals surface area contributed by atoms with Gasteiger partial charge in [0.25, 0.3) is 5.17 Å². The number of rotatable bonds is 10. The number of nitrogens with zero attached hydrogens (tertiary/aromatic N) is 2. The number of benzene rings is 2. The molecular weight excluding hydrogens is 450 g/mol. The first kappa shape index (κ1) is 25.0. The molecule has 0 bridgehead atoms. The van der Waals surface area contributed by atoms with E-state index < -0.39 is 0 Å². The van der Waals surface area contributed by atoms with Gasteiger partial charge in [-0.15, -0.1) is 0 Å². The van der Waals surface area contributed by atoms with Crippen LogP contribution in [0.2, 0.25) is 0 Å². The van der Waals surface area contributed by atoms with Gasteiger partial charge >= 0.3 is 0 Å². The van der Waals surface area contributed by atoms with Gasteiger partial charge in [-0.05, 0) is 60.5 Å². The number of hydrogen-bond acceptors (Lipinski definition) is 6. The van der Waals surface area contributed by atoms with Crippen LogP contribution < -0.4 is 24.6 Å². The molecule has 0 unspecified atom stereocenters. The normalized spacial score (nSPS) is 11.2. The van der Waals surface area contributed by atoms with E-state index in [1.807, 2.05) is 55.4 Å². The number of ether oxygens (including phenoxy) is 2. The molecule has 0 saturated carbocycles. The summed E-state index contributed by atoms with van der Waals surface area (Å²) in [6, 6.07) is 18.1. The van der Waals surface area contributed by atoms with E-state index in [4.69, 9.17) is 21.7 Å². The number of nitrogens with one attached hydrogen (secondary N) is 1. The average molecular weight is 484 g/mol. The maximum absolute atomic E-state index is 5.97. The van der Waals surface area contributed by atoms with E-state index in [1.54, 1.807) is 11.3 Å². The molecule has 3 aromatic rings. The van der Waals surface area contributed by atoms with Crippen LogP contribution in [0.25, 0.3) is 0 Å². The topological polar surface area (TPSA) is 37.0 Å². The van der Waals surface area contributed by atoms with Gasteiger partial charge in [0.05, 0.1) is 6.54 Å². The lowest BCUT2D eigenvalue weighted by Crippen LogP contribution is -2.31. The third-order valence-electron chi connectivity index (χ3n) is 5.58. The molecule has 0 saturated heterocycles. The van der Waals surface area contributed by atoms with Crippen LogP contribution in [0.3, 0.4) is 0 Å². The molecule has 3 rings (SSSR count). The van der Waals surface area contributed by atoms with Gasteiger partial charge in [-0.1, -0.05) is 32.0 Å². The van der Waals surface area contributed by atoms with Crippen LogP contribution in [0.15, 0.2) is 65.4 Å². The summed E-state index contributed by atoms with van der Waals surface area (Å²) >= 11 is 7.24. The lowest BCUT2D eigenvalue weighted by atomic mass is 9.84. The van der Waals surface area contributed by atoms with Gasteiger partial charge in [0.1, 0.15) is 18.1 Å². The summed E-state index contributed by atoms with van der Waals surface area (Å²) in [5, 5.41) is 7.84. The molecule has 0 radical (unpaired) electrons. The van der Waals surface area contributed by atoms with Crippen LogP contribution in [-0.4, -0.2) is 46.0 Å². The second-order valence-electron chi connectivity index (χ2n) is 8.61. The van der Waals surface area contributed by atoms with Crippen LogP contribution in [0, 0.1) is 0 Å². The molecule has 0 amide bonds. The van der Waals surface area contributed by atoms with Crippen LogP contribution in [0.5, 0.6) is 11.5 Å². The Hall–Kier alpha value is -2.61. The number of thiophene rings is 1. The first-order chi connectivity index (χ1) is 15.8. The van der Waals surface area contributed by atoms with E-state index in [2.05, 4.69) is 60.1 Å². The fourth-order valence-corrected chi connectivity index (χ4v) is 4.37. The Morgan fingerprint density at radius 1 is 1.03 bits per heavy atom. The Balaban J connectivity index is 1.55. The highest BCUT2D eigenvalue weighted by molar-refractivity contribution is 7.80. The Morgan fingerprint density at radius 2 is 1.79 bits per heavy atom. The highest BCUT2D eigenvalue weighted by Gasteiger charge is 2.19. The van der Waals surface area contributed by atoms with E-state index in [0.29, 0.717) is 11.8 Å². The van der Waals surface area contributed by atoms with Crippen LogP contribution >= 0.6 is 23.6 Å². The molecule has 5 nitrogen and oxygen atoms in total. The van der Waals surface area contributed by atoms with Gasteiger partial charge in [-0.2, -0.15) is 11.3 Å². The molecule has 2 aromatic carbocycles. The standard InChI is InChI=1S/C26H33N3O2S2/c1-26(2,19-27-3)20-9-11-23(12-10-20)31-25(32)29(5)21-7-6-8-24(17-21)30-15-14-28(4)22-13-16-33-18-22/h6-13,16-18,27H,14-15,19H2,1-5H3. The first-order valence-corrected chi connectivity index (χ1v) is 12.3. The molecule has 0 atom stereocenters. The maximum atomic E-state index is 5.97. The fraction of sp³-hybridized carbons (Fsp3) is 0.346. The molecule has 1 heterocycles. The van der Waals surface area contributed by atoms with Crippen molar-refractivity contribution in [3.63, 3.8) is 0 Å². The Morgan fingerprint density at radius 3 is 2.45 bits per heavy atom. The van der Waals surface area contributed by atoms with E-state index in [9.17, 15) is 0 Å². The predicted octanol–water partition coefficient (Wildman–Crippen LogP) is 5.56. The summed E-state index contributed by atoms with van der Waals surface area (Å²) in [6.07, 6.45) is 0. The zero-order valence-electron chi connectivity index (χ0n) is 20.0. The van der Waals surface area contributed by atoms with E-state index in [-0.39, 0.29) is 5.41 Å². The number of likely N-dealkylation sites (N-methyl/N-ethyl adjacent to an activating group) is 2. The van der Waals surface area contributed by atoms with Crippen molar-refractivity contribution in [3.05, 3.63) is 70.9 Å². The zero-order valence-corrected chi connectivity index (χ0v) is 21.6. The van der Waals surface area contributed by atoms with Crippen molar-refractivity contribution >= 4 is 40.1 Å². The number of anilines is 2. The second-order valence-corrected chi connectivity index (χ2v) is 9.74. The SMILES string of the molecule is CNCC(C)(C)c1ccc(OC(=S)N(C)c2cccc(OCCN(C)c3ccsc3)c2)cc1. The van der Waals surface area contributed by atoms with Gasteiger partial charge in [0, 0.05) is 48.9 Å². The average Bonchev–Trinajstić information content (AvgIpc) is 3.34. The summed E-state index contributed by atoms with van der Waals surface area (Å²) in [7, 11) is 5.94. The molecule has 1 N–H and O–H groups in total. The molecule has 0 fully saturated rings. The molecule has 1 aromatic heterocycles. The summed E-state index contributed by atoms with van der Waals surface area (Å²) < 4.78 is 11.9. The van der Waals surface area contributed by atoms with Gasteiger partial charge in [0.15, 0.2) is 0 Å². The van der Waals surface area contributed by atoms with E-state index >= 15 is 0 Å². The van der Waals surface area contributed by atoms with Crippen molar-refractivity contribution < 1.29 is 9.47 Å². The predicted molar refractivity (Wildman–Crippen MR) is 145 cm³/mol. The largest absolute Gasteiger partial charge is 0.492 e. The van der Waals surface area contributed by atoms with Crippen LogP contribution in [0.1, 0.15) is 19.4 Å². The summed E-state index contributed by atoms with van der Waals surface area (Å²) in [5.74, 6) is 1.52. The van der Waals surface area contributed by atoms with Crippen molar-refractivity contribution in [1.82, 2.24) is 5.32 Å². The molecule has 33 heavy (non-hydrogen) atoms. The summed E-state index contributed by atoms with van der Waals surface area (Å²) in [6.45, 7) is 6.73. The quantitative estimate of drug-likeness (QED) is 0.381. The maximum Gasteiger partial charge on any atom is 0.269 e. The summed E-state index contributed by atoms with van der Waals surface area (Å²) in [4.78, 5) is 4.03. The van der Waals surface area contributed by atoms with Gasteiger partial charge in [0.2, 0.25) is 0 Å². The lowest BCUT2D eigenvalue weighted by molar-refractivity contribution is 0.326. The molecule has 0 aliphatic rings. The minimum Gasteiger partial charge on any atom is -0.492 e. The highest BCUT2D eigenvalue weighted by atomic mass is 32.1. The van der Waals surface area contributed by atoms with E-state index in [0.717, 1.165) is 30.3 Å². The third-order valence-corrected chi connectivity index (χ3v) is 6.61. The van der Waals surface area contributed by atoms with E-state index in [1.165, 1.54) is 11.3 Å².